The minimum Gasteiger partial charge on any atom is -0.448 e. The second kappa shape index (κ2) is 10.4. The quantitative estimate of drug-likeness (QED) is 0.256. The molecule has 0 spiro atoms. The zero-order chi connectivity index (χ0) is 22.1. The minimum atomic E-state index is -0.740. The molecule has 3 aromatic rings. The van der Waals surface area contributed by atoms with Crippen LogP contribution in [-0.4, -0.2) is 33.1 Å². The number of aryl methyl sites for hydroxylation is 1. The molecule has 2 heterocycles. The molecule has 0 bridgehead atoms. The maximum atomic E-state index is 11.7. The van der Waals surface area contributed by atoms with E-state index in [0.717, 1.165) is 0 Å². The van der Waals surface area contributed by atoms with E-state index >= 15 is 0 Å². The topological polar surface area (TPSA) is 121 Å². The number of rotatable bonds is 8. The van der Waals surface area contributed by atoms with E-state index in [1.54, 1.807) is 37.4 Å². The van der Waals surface area contributed by atoms with Crippen molar-refractivity contribution in [2.45, 2.75) is 13.0 Å². The van der Waals surface area contributed by atoms with Gasteiger partial charge in [-0.05, 0) is 12.1 Å². The lowest BCUT2D eigenvalue weighted by Gasteiger charge is -2.08. The number of nitrogens with zero attached hydrogens (tertiary/aromatic N) is 4. The average Bonchev–Trinajstić information content (AvgIpc) is 3.10. The van der Waals surface area contributed by atoms with Crippen molar-refractivity contribution in [2.75, 3.05) is 11.9 Å². The van der Waals surface area contributed by atoms with Crippen LogP contribution in [0.2, 0.25) is 0 Å². The Morgan fingerprint density at radius 1 is 1.23 bits per heavy atom. The number of carbonyl (C=O) groups is 1. The number of ether oxygens (including phenoxy) is 1. The number of benzene rings is 1. The fourth-order valence-electron chi connectivity index (χ4n) is 2.49. The van der Waals surface area contributed by atoms with Gasteiger partial charge in [-0.25, -0.2) is 14.6 Å². The molecule has 1 N–H and O–H groups in total. The van der Waals surface area contributed by atoms with Gasteiger partial charge >= 0.3 is 11.8 Å². The van der Waals surface area contributed by atoms with E-state index in [0.29, 0.717) is 23.4 Å². The molecule has 0 aliphatic carbocycles. The highest BCUT2D eigenvalue weighted by molar-refractivity contribution is 6.10. The predicted octanol–water partition coefficient (Wildman–Crippen LogP) is 2.31. The summed E-state index contributed by atoms with van der Waals surface area (Å²) in [6.07, 6.45) is 4.79. The van der Waals surface area contributed by atoms with Gasteiger partial charge < -0.3 is 14.1 Å². The van der Waals surface area contributed by atoms with Crippen LogP contribution in [-0.2, 0) is 23.2 Å². The normalized spacial score (nSPS) is 10.9. The molecule has 31 heavy (non-hydrogen) atoms. The SMILES string of the molecule is C#CCCOC(=O)Nc1cccc(CO/N=C(\c2ccccc2)c2nc(=O)on2C)n1. The van der Waals surface area contributed by atoms with E-state index in [-0.39, 0.29) is 24.9 Å². The van der Waals surface area contributed by atoms with Crippen LogP contribution >= 0.6 is 0 Å². The highest BCUT2D eigenvalue weighted by Gasteiger charge is 2.16. The largest absolute Gasteiger partial charge is 0.460 e. The lowest BCUT2D eigenvalue weighted by molar-refractivity contribution is 0.127. The summed E-state index contributed by atoms with van der Waals surface area (Å²) in [6, 6.07) is 14.1. The number of terminal acetylenes is 1. The van der Waals surface area contributed by atoms with Crippen LogP contribution in [0.3, 0.4) is 0 Å². The summed E-state index contributed by atoms with van der Waals surface area (Å²) in [5, 5.41) is 6.65. The number of amides is 1. The second-order valence-electron chi connectivity index (χ2n) is 6.10. The standard InChI is InChI=1S/C21H19N5O5/c1-3-4-13-29-20(27)23-17-12-8-11-16(22-17)14-30-25-18(15-9-6-5-7-10-15)19-24-21(28)31-26(19)2/h1,5-12H,4,13-14H2,2H3,(H,22,23,27)/b25-18+. The van der Waals surface area contributed by atoms with E-state index in [1.807, 2.05) is 18.2 Å². The molecule has 1 aromatic carbocycles. The molecule has 0 saturated carbocycles. The number of hydrogen-bond acceptors (Lipinski definition) is 8. The molecule has 0 aliphatic heterocycles. The van der Waals surface area contributed by atoms with Gasteiger partial charge in [0.05, 0.1) is 5.69 Å². The van der Waals surface area contributed by atoms with E-state index in [4.69, 9.17) is 20.5 Å². The lowest BCUT2D eigenvalue weighted by atomic mass is 10.1. The maximum Gasteiger partial charge on any atom is 0.460 e. The summed E-state index contributed by atoms with van der Waals surface area (Å²) in [7, 11) is 1.54. The number of hydrogen-bond donors (Lipinski definition) is 1. The Kier molecular flexibility index (Phi) is 7.16. The number of oxime groups is 1. The highest BCUT2D eigenvalue weighted by atomic mass is 16.6. The number of anilines is 1. The lowest BCUT2D eigenvalue weighted by Crippen LogP contribution is -2.15. The van der Waals surface area contributed by atoms with Gasteiger partial charge in [0.15, 0.2) is 18.1 Å². The molecule has 10 heteroatoms. The molecule has 0 atom stereocenters. The summed E-state index contributed by atoms with van der Waals surface area (Å²) in [4.78, 5) is 36.8. The number of nitrogens with one attached hydrogen (secondary N) is 1. The van der Waals surface area contributed by atoms with Crippen LogP contribution in [0.1, 0.15) is 23.5 Å². The van der Waals surface area contributed by atoms with Gasteiger partial charge in [-0.2, -0.15) is 9.72 Å². The van der Waals surface area contributed by atoms with Gasteiger partial charge in [-0.1, -0.05) is 41.6 Å². The van der Waals surface area contributed by atoms with Gasteiger partial charge in [0.25, 0.3) is 0 Å². The van der Waals surface area contributed by atoms with Crippen molar-refractivity contribution in [3.63, 3.8) is 0 Å². The van der Waals surface area contributed by atoms with Crippen LogP contribution in [0, 0.1) is 12.3 Å². The first-order valence-corrected chi connectivity index (χ1v) is 9.20. The van der Waals surface area contributed by atoms with E-state index in [1.165, 1.54) is 4.74 Å². The predicted molar refractivity (Wildman–Crippen MR) is 111 cm³/mol. The molecule has 0 saturated heterocycles. The fraction of sp³-hybridized carbons (Fsp3) is 0.190. The summed E-state index contributed by atoms with van der Waals surface area (Å²) in [5.74, 6) is 2.14. The molecule has 0 fully saturated rings. The third-order valence-electron chi connectivity index (χ3n) is 3.85. The number of pyridine rings is 1. The molecule has 0 radical (unpaired) electrons. The van der Waals surface area contributed by atoms with Crippen molar-refractivity contribution < 1.29 is 18.9 Å². The van der Waals surface area contributed by atoms with Gasteiger partial charge in [-0.15, -0.1) is 12.3 Å². The van der Waals surface area contributed by atoms with Crippen molar-refractivity contribution in [1.29, 1.82) is 0 Å². The van der Waals surface area contributed by atoms with Gasteiger partial charge in [-0.3, -0.25) is 5.32 Å². The third-order valence-corrected chi connectivity index (χ3v) is 3.85. The highest BCUT2D eigenvalue weighted by Crippen LogP contribution is 2.11. The summed E-state index contributed by atoms with van der Waals surface area (Å²) >= 11 is 0. The third kappa shape index (κ3) is 6.04. The van der Waals surface area contributed by atoms with Crippen LogP contribution < -0.4 is 11.1 Å². The first-order chi connectivity index (χ1) is 15.1. The zero-order valence-electron chi connectivity index (χ0n) is 16.6. The Morgan fingerprint density at radius 2 is 2.03 bits per heavy atom. The maximum absolute atomic E-state index is 11.7. The fourth-order valence-corrected chi connectivity index (χ4v) is 2.49. The van der Waals surface area contributed by atoms with Crippen LogP contribution in [0.15, 0.2) is 63.0 Å². The molecule has 2 aromatic heterocycles. The monoisotopic (exact) mass is 421 g/mol. The molecule has 0 aliphatic rings. The molecular weight excluding hydrogens is 402 g/mol. The molecule has 0 unspecified atom stereocenters. The Morgan fingerprint density at radius 3 is 2.74 bits per heavy atom. The van der Waals surface area contributed by atoms with Crippen molar-refractivity contribution in [3.8, 4) is 12.3 Å². The summed E-state index contributed by atoms with van der Waals surface area (Å²) in [5.41, 5.74) is 1.51. The van der Waals surface area contributed by atoms with E-state index in [9.17, 15) is 9.59 Å². The molecule has 1 amide bonds. The first-order valence-electron chi connectivity index (χ1n) is 9.20. The molecule has 3 rings (SSSR count). The van der Waals surface area contributed by atoms with Crippen LogP contribution in [0.5, 0.6) is 0 Å². The van der Waals surface area contributed by atoms with Crippen molar-refractivity contribution in [2.24, 2.45) is 12.2 Å². The van der Waals surface area contributed by atoms with Crippen LogP contribution in [0.25, 0.3) is 0 Å². The average molecular weight is 421 g/mol. The van der Waals surface area contributed by atoms with Gasteiger partial charge in [0.2, 0.25) is 0 Å². The zero-order valence-corrected chi connectivity index (χ0v) is 16.6. The summed E-state index contributed by atoms with van der Waals surface area (Å²) < 4.78 is 11.0. The van der Waals surface area contributed by atoms with Crippen molar-refractivity contribution in [3.05, 3.63) is 76.2 Å². The Labute approximate surface area is 177 Å². The second-order valence-corrected chi connectivity index (χ2v) is 6.10. The molecule has 158 valence electrons. The van der Waals surface area contributed by atoms with Crippen LogP contribution in [0.4, 0.5) is 10.6 Å². The van der Waals surface area contributed by atoms with Crippen molar-refractivity contribution >= 4 is 17.6 Å². The Bertz CT molecular complexity index is 1160. The van der Waals surface area contributed by atoms with Gasteiger partial charge in [0.1, 0.15) is 12.4 Å². The Balaban J connectivity index is 1.71. The van der Waals surface area contributed by atoms with Gasteiger partial charge in [0, 0.05) is 19.0 Å². The first kappa shape index (κ1) is 21.3. The molecule has 10 nitrogen and oxygen atoms in total. The summed E-state index contributed by atoms with van der Waals surface area (Å²) in [6.45, 7) is 0.121. The smallest absolute Gasteiger partial charge is 0.448 e. The Hall–Kier alpha value is -4.39. The number of aromatic nitrogens is 3. The molecular formula is C21H19N5O5. The van der Waals surface area contributed by atoms with Crippen molar-refractivity contribution in [1.82, 2.24) is 14.7 Å². The van der Waals surface area contributed by atoms with E-state index in [2.05, 4.69) is 26.4 Å². The number of carbonyl (C=O) groups excluding carboxylic acids is 1. The minimum absolute atomic E-state index is 0.00376. The van der Waals surface area contributed by atoms with E-state index < -0.39 is 11.8 Å².